The number of nitrogens with one attached hydrogen (secondary N) is 2. The van der Waals surface area contributed by atoms with Crippen LogP contribution in [0.5, 0.6) is 0 Å². The zero-order valence-electron chi connectivity index (χ0n) is 12.7. The van der Waals surface area contributed by atoms with Crippen molar-refractivity contribution in [3.8, 4) is 0 Å². The van der Waals surface area contributed by atoms with E-state index in [-0.39, 0.29) is 5.91 Å². The number of hydrogen-bond donors (Lipinski definition) is 2. The lowest BCUT2D eigenvalue weighted by molar-refractivity contribution is 0.102. The van der Waals surface area contributed by atoms with Gasteiger partial charge in [0.15, 0.2) is 0 Å². The molecule has 0 bridgehead atoms. The highest BCUT2D eigenvalue weighted by molar-refractivity contribution is 6.08. The summed E-state index contributed by atoms with van der Waals surface area (Å²) in [7, 11) is 0. The molecule has 0 saturated heterocycles. The van der Waals surface area contributed by atoms with Crippen LogP contribution in [-0.4, -0.2) is 17.4 Å². The van der Waals surface area contributed by atoms with Crippen molar-refractivity contribution in [3.63, 3.8) is 0 Å². The fourth-order valence-corrected chi connectivity index (χ4v) is 2.18. The number of amides is 1. The molecule has 0 unspecified atom stereocenters. The molecule has 1 aromatic carbocycles. The normalized spacial score (nSPS) is 10.2. The zero-order valence-corrected chi connectivity index (χ0v) is 12.7. The van der Waals surface area contributed by atoms with Crippen molar-refractivity contribution in [2.45, 2.75) is 27.2 Å². The number of carbonyl (C=O) groups excluding carboxylic acids is 1. The van der Waals surface area contributed by atoms with E-state index in [0.29, 0.717) is 5.56 Å². The van der Waals surface area contributed by atoms with Gasteiger partial charge in [-0.05, 0) is 37.5 Å². The molecule has 1 aromatic heterocycles. The van der Waals surface area contributed by atoms with Gasteiger partial charge in [-0.2, -0.15) is 0 Å². The van der Waals surface area contributed by atoms with E-state index >= 15 is 0 Å². The summed E-state index contributed by atoms with van der Waals surface area (Å²) in [6, 6.07) is 7.79. The van der Waals surface area contributed by atoms with Gasteiger partial charge in [-0.15, -0.1) is 0 Å². The molecule has 2 aromatic rings. The van der Waals surface area contributed by atoms with Gasteiger partial charge in [-0.3, -0.25) is 9.78 Å². The number of hydrogen-bond acceptors (Lipinski definition) is 3. The molecule has 0 aliphatic carbocycles. The van der Waals surface area contributed by atoms with Crippen LogP contribution in [0.2, 0.25) is 0 Å². The Morgan fingerprint density at radius 1 is 1.19 bits per heavy atom. The first kappa shape index (κ1) is 15.0. The Morgan fingerprint density at radius 3 is 2.57 bits per heavy atom. The fourth-order valence-electron chi connectivity index (χ4n) is 2.18. The standard InChI is InChI=1S/C17H21N3O/c1-4-9-19-15-8-10-18-11-14(15)17(21)20-16-12(2)6-5-7-13(16)3/h5-8,10-11H,4,9H2,1-3H3,(H,18,19)(H,20,21). The number of anilines is 2. The summed E-state index contributed by atoms with van der Waals surface area (Å²) in [4.78, 5) is 16.6. The van der Waals surface area contributed by atoms with E-state index in [0.717, 1.165) is 35.5 Å². The summed E-state index contributed by atoms with van der Waals surface area (Å²) in [5.41, 5.74) is 4.35. The van der Waals surface area contributed by atoms with E-state index in [2.05, 4.69) is 22.5 Å². The molecular formula is C17H21N3O. The van der Waals surface area contributed by atoms with Gasteiger partial charge in [0.25, 0.3) is 5.91 Å². The molecule has 0 fully saturated rings. The molecule has 1 amide bonds. The predicted molar refractivity (Wildman–Crippen MR) is 86.9 cm³/mol. The third-order valence-corrected chi connectivity index (χ3v) is 3.35. The van der Waals surface area contributed by atoms with Crippen molar-refractivity contribution < 1.29 is 4.79 Å². The number of nitrogens with zero attached hydrogens (tertiary/aromatic N) is 1. The number of aromatic nitrogens is 1. The van der Waals surface area contributed by atoms with Gasteiger partial charge in [0.2, 0.25) is 0 Å². The molecule has 0 saturated carbocycles. The van der Waals surface area contributed by atoms with Crippen molar-refractivity contribution in [2.75, 3.05) is 17.2 Å². The molecule has 2 N–H and O–H groups in total. The number of para-hydroxylation sites is 1. The molecule has 0 spiro atoms. The van der Waals surface area contributed by atoms with Crippen molar-refractivity contribution in [1.82, 2.24) is 4.98 Å². The highest BCUT2D eigenvalue weighted by atomic mass is 16.1. The van der Waals surface area contributed by atoms with Crippen LogP contribution in [0.3, 0.4) is 0 Å². The average molecular weight is 283 g/mol. The fraction of sp³-hybridized carbons (Fsp3) is 0.294. The van der Waals surface area contributed by atoms with Gasteiger partial charge in [-0.1, -0.05) is 25.1 Å². The maximum Gasteiger partial charge on any atom is 0.259 e. The zero-order chi connectivity index (χ0) is 15.2. The van der Waals surface area contributed by atoms with Gasteiger partial charge in [-0.25, -0.2) is 0 Å². The van der Waals surface area contributed by atoms with Crippen molar-refractivity contribution in [1.29, 1.82) is 0 Å². The smallest absolute Gasteiger partial charge is 0.259 e. The largest absolute Gasteiger partial charge is 0.384 e. The second kappa shape index (κ2) is 6.88. The van der Waals surface area contributed by atoms with E-state index in [4.69, 9.17) is 0 Å². The summed E-state index contributed by atoms with van der Waals surface area (Å²) in [6.07, 6.45) is 4.29. The molecule has 0 aliphatic rings. The summed E-state index contributed by atoms with van der Waals surface area (Å²) >= 11 is 0. The molecule has 0 radical (unpaired) electrons. The number of pyridine rings is 1. The molecule has 21 heavy (non-hydrogen) atoms. The van der Waals surface area contributed by atoms with E-state index in [9.17, 15) is 4.79 Å². The lowest BCUT2D eigenvalue weighted by Gasteiger charge is -2.14. The van der Waals surface area contributed by atoms with Crippen molar-refractivity contribution in [2.24, 2.45) is 0 Å². The van der Waals surface area contributed by atoms with Gasteiger partial charge in [0, 0.05) is 24.6 Å². The number of carbonyl (C=O) groups is 1. The Kier molecular flexibility index (Phi) is 4.93. The van der Waals surface area contributed by atoms with Crippen LogP contribution in [0.15, 0.2) is 36.7 Å². The van der Waals surface area contributed by atoms with Gasteiger partial charge >= 0.3 is 0 Å². The van der Waals surface area contributed by atoms with E-state index in [1.165, 1.54) is 0 Å². The highest BCUT2D eigenvalue weighted by Crippen LogP contribution is 2.22. The topological polar surface area (TPSA) is 54.0 Å². The predicted octanol–water partition coefficient (Wildman–Crippen LogP) is 3.77. The Labute approximate surface area is 125 Å². The van der Waals surface area contributed by atoms with Crippen LogP contribution in [0.1, 0.15) is 34.8 Å². The Bertz CT molecular complexity index is 617. The minimum Gasteiger partial charge on any atom is -0.384 e. The van der Waals surface area contributed by atoms with Crippen LogP contribution in [0.25, 0.3) is 0 Å². The highest BCUT2D eigenvalue weighted by Gasteiger charge is 2.13. The maximum atomic E-state index is 12.5. The summed E-state index contributed by atoms with van der Waals surface area (Å²) < 4.78 is 0. The van der Waals surface area contributed by atoms with Gasteiger partial charge in [0.1, 0.15) is 0 Å². The first-order chi connectivity index (χ1) is 10.1. The molecule has 4 heteroatoms. The SMILES string of the molecule is CCCNc1ccncc1C(=O)Nc1c(C)cccc1C. The number of aryl methyl sites for hydroxylation is 2. The van der Waals surface area contributed by atoms with Crippen molar-refractivity contribution >= 4 is 17.3 Å². The van der Waals surface area contributed by atoms with Crippen LogP contribution in [0.4, 0.5) is 11.4 Å². The average Bonchev–Trinajstić information content (AvgIpc) is 2.49. The van der Waals surface area contributed by atoms with Gasteiger partial charge < -0.3 is 10.6 Å². The van der Waals surface area contributed by atoms with Crippen LogP contribution in [-0.2, 0) is 0 Å². The first-order valence-electron chi connectivity index (χ1n) is 7.19. The Hall–Kier alpha value is -2.36. The quantitative estimate of drug-likeness (QED) is 0.878. The summed E-state index contributed by atoms with van der Waals surface area (Å²) in [5, 5.41) is 6.25. The molecule has 0 atom stereocenters. The van der Waals surface area contributed by atoms with E-state index in [1.807, 2.05) is 38.1 Å². The lowest BCUT2D eigenvalue weighted by atomic mass is 10.1. The van der Waals surface area contributed by atoms with Crippen LogP contribution < -0.4 is 10.6 Å². The number of rotatable bonds is 5. The Morgan fingerprint density at radius 2 is 1.90 bits per heavy atom. The Balaban J connectivity index is 2.25. The summed E-state index contributed by atoms with van der Waals surface area (Å²) in [6.45, 7) is 6.89. The van der Waals surface area contributed by atoms with Crippen LogP contribution >= 0.6 is 0 Å². The third kappa shape index (κ3) is 3.60. The molecule has 2 rings (SSSR count). The second-order valence-corrected chi connectivity index (χ2v) is 5.07. The molecule has 0 aliphatic heterocycles. The van der Waals surface area contributed by atoms with E-state index < -0.39 is 0 Å². The second-order valence-electron chi connectivity index (χ2n) is 5.07. The summed E-state index contributed by atoms with van der Waals surface area (Å²) in [5.74, 6) is -0.140. The molecule has 4 nitrogen and oxygen atoms in total. The molecule has 1 heterocycles. The molecule has 110 valence electrons. The maximum absolute atomic E-state index is 12.5. The van der Waals surface area contributed by atoms with Gasteiger partial charge in [0.05, 0.1) is 11.3 Å². The minimum absolute atomic E-state index is 0.140. The monoisotopic (exact) mass is 283 g/mol. The van der Waals surface area contributed by atoms with Crippen LogP contribution in [0, 0.1) is 13.8 Å². The molecular weight excluding hydrogens is 262 g/mol. The third-order valence-electron chi connectivity index (χ3n) is 3.35. The van der Waals surface area contributed by atoms with E-state index in [1.54, 1.807) is 12.4 Å². The first-order valence-corrected chi connectivity index (χ1v) is 7.19. The number of benzene rings is 1. The lowest BCUT2D eigenvalue weighted by Crippen LogP contribution is -2.16. The van der Waals surface area contributed by atoms with Crippen molar-refractivity contribution in [3.05, 3.63) is 53.3 Å². The minimum atomic E-state index is -0.140.